The van der Waals surface area contributed by atoms with Crippen molar-refractivity contribution in [1.82, 2.24) is 29.5 Å². The van der Waals surface area contributed by atoms with Gasteiger partial charge in [0.05, 0.1) is 6.04 Å². The van der Waals surface area contributed by atoms with E-state index in [-0.39, 0.29) is 16.7 Å². The number of aromatic nitrogens is 4. The number of thioether (sulfide) groups is 1. The highest BCUT2D eigenvalue weighted by Crippen LogP contribution is 2.42. The number of carboxylic acids is 1. The van der Waals surface area contributed by atoms with Gasteiger partial charge in [-0.3, -0.25) is 14.5 Å². The number of β-lactam (4-membered cyclic amide) rings is 1. The average Bonchev–Trinajstić information content (AvgIpc) is 3.18. The summed E-state index contributed by atoms with van der Waals surface area (Å²) in [5.74, 6) is -2.89. The van der Waals surface area contributed by atoms with Crippen LogP contribution in [0.25, 0.3) is 0 Å². The van der Waals surface area contributed by atoms with Gasteiger partial charge in [-0.2, -0.15) is 9.36 Å². The lowest BCUT2D eigenvalue weighted by Gasteiger charge is -2.50. The topological polar surface area (TPSA) is 197 Å². The van der Waals surface area contributed by atoms with Gasteiger partial charge in [-0.25, -0.2) is 14.8 Å². The second kappa shape index (κ2) is 8.27. The van der Waals surface area contributed by atoms with Gasteiger partial charge < -0.3 is 21.4 Å². The van der Waals surface area contributed by atoms with Crippen LogP contribution in [0.2, 0.25) is 0 Å². The van der Waals surface area contributed by atoms with E-state index in [0.29, 0.717) is 22.8 Å². The minimum atomic E-state index is -1.25. The number of nitrogens with zero attached hydrogens (tertiary/aromatic N) is 6. The SMILES string of the molecule is Nc1nc(/C(=N/O)C(=O)N[C@@H]2C(=O)N3C(C(=O)O)=C(Sc4ccncn4)CCC23)ns1. The first-order chi connectivity index (χ1) is 14.9. The number of aliphatic carboxylic acids is 1. The lowest BCUT2D eigenvalue weighted by molar-refractivity contribution is -0.155. The molecule has 4 rings (SSSR count). The van der Waals surface area contributed by atoms with E-state index in [1.165, 1.54) is 12.5 Å². The number of hydrogen-bond acceptors (Lipinski definition) is 12. The molecule has 4 heterocycles. The van der Waals surface area contributed by atoms with Crippen molar-refractivity contribution in [2.45, 2.75) is 30.0 Å². The van der Waals surface area contributed by atoms with Crippen LogP contribution < -0.4 is 11.1 Å². The Morgan fingerprint density at radius 1 is 1.42 bits per heavy atom. The molecule has 5 N–H and O–H groups in total. The lowest BCUT2D eigenvalue weighted by atomic mass is 9.86. The summed E-state index contributed by atoms with van der Waals surface area (Å²) >= 11 is 1.97. The largest absolute Gasteiger partial charge is 0.477 e. The van der Waals surface area contributed by atoms with Crippen molar-refractivity contribution in [2.75, 3.05) is 5.73 Å². The minimum absolute atomic E-state index is 0.0760. The zero-order valence-corrected chi connectivity index (χ0v) is 17.1. The van der Waals surface area contributed by atoms with E-state index in [2.05, 4.69) is 29.8 Å². The molecule has 2 aromatic heterocycles. The molecule has 0 spiro atoms. The fourth-order valence-corrected chi connectivity index (χ4v) is 4.74. The molecule has 2 amide bonds. The van der Waals surface area contributed by atoms with Crippen LogP contribution in [0, 0.1) is 0 Å². The molecular weight excluding hydrogens is 448 g/mol. The van der Waals surface area contributed by atoms with Crippen molar-refractivity contribution in [2.24, 2.45) is 5.16 Å². The quantitative estimate of drug-likeness (QED) is 0.144. The number of carbonyl (C=O) groups excluding carboxylic acids is 2. The van der Waals surface area contributed by atoms with E-state index in [1.54, 1.807) is 6.07 Å². The molecule has 0 saturated carbocycles. The number of carbonyl (C=O) groups is 3. The molecule has 0 aliphatic carbocycles. The van der Waals surface area contributed by atoms with Crippen LogP contribution in [0.3, 0.4) is 0 Å². The van der Waals surface area contributed by atoms with Crippen molar-refractivity contribution in [3.63, 3.8) is 0 Å². The van der Waals surface area contributed by atoms with Gasteiger partial charge in [0.2, 0.25) is 11.5 Å². The molecule has 2 aliphatic rings. The number of carboxylic acid groups (broad SMARTS) is 1. The summed E-state index contributed by atoms with van der Waals surface area (Å²) in [6.45, 7) is 0. The third kappa shape index (κ3) is 3.79. The Bertz CT molecular complexity index is 1120. The van der Waals surface area contributed by atoms with E-state index >= 15 is 0 Å². The van der Waals surface area contributed by atoms with Crippen LogP contribution in [-0.4, -0.2) is 70.1 Å². The average molecular weight is 462 g/mol. The maximum absolute atomic E-state index is 12.7. The molecule has 160 valence electrons. The summed E-state index contributed by atoms with van der Waals surface area (Å²) in [6, 6.07) is 0.116. The summed E-state index contributed by atoms with van der Waals surface area (Å²) in [5, 5.41) is 24.9. The van der Waals surface area contributed by atoms with Crippen LogP contribution >= 0.6 is 23.3 Å². The van der Waals surface area contributed by atoms with E-state index < -0.39 is 35.6 Å². The summed E-state index contributed by atoms with van der Waals surface area (Å²) in [7, 11) is 0. The highest BCUT2D eigenvalue weighted by molar-refractivity contribution is 8.03. The lowest BCUT2D eigenvalue weighted by Crippen LogP contribution is -2.72. The third-order valence-corrected chi connectivity index (χ3v) is 6.27. The molecule has 13 nitrogen and oxygen atoms in total. The number of anilines is 1. The number of nitrogens with two attached hydrogens (primary N) is 1. The van der Waals surface area contributed by atoms with Crippen LogP contribution in [0.4, 0.5) is 5.13 Å². The van der Waals surface area contributed by atoms with Crippen LogP contribution in [0.1, 0.15) is 18.7 Å². The smallest absolute Gasteiger partial charge is 0.353 e. The third-order valence-electron chi connectivity index (χ3n) is 4.63. The van der Waals surface area contributed by atoms with Gasteiger partial charge in [-0.1, -0.05) is 16.9 Å². The highest BCUT2D eigenvalue weighted by atomic mass is 32.2. The fraction of sp³-hybridized carbons (Fsp3) is 0.250. The Hall–Kier alpha value is -3.59. The number of nitrogens with one attached hydrogen (secondary N) is 1. The monoisotopic (exact) mass is 462 g/mol. The number of nitrogen functional groups attached to an aromatic ring is 1. The Morgan fingerprint density at radius 2 is 2.23 bits per heavy atom. The maximum Gasteiger partial charge on any atom is 0.353 e. The highest BCUT2D eigenvalue weighted by Gasteiger charge is 2.53. The first-order valence-corrected chi connectivity index (χ1v) is 10.4. The molecule has 1 saturated heterocycles. The molecular formula is C16H14N8O5S2. The van der Waals surface area contributed by atoms with E-state index in [9.17, 15) is 19.5 Å². The Morgan fingerprint density at radius 3 is 2.84 bits per heavy atom. The van der Waals surface area contributed by atoms with Gasteiger partial charge in [0.1, 0.15) is 23.1 Å². The number of rotatable bonds is 6. The Balaban J connectivity index is 1.52. The van der Waals surface area contributed by atoms with Gasteiger partial charge in [0.15, 0.2) is 5.13 Å². The van der Waals surface area contributed by atoms with E-state index in [1.807, 2.05) is 0 Å². The first kappa shape index (κ1) is 20.7. The van der Waals surface area contributed by atoms with Crippen molar-refractivity contribution >= 4 is 51.9 Å². The Labute approximate surface area is 182 Å². The summed E-state index contributed by atoms with van der Waals surface area (Å²) in [6.07, 6.45) is 3.68. The molecule has 2 atom stereocenters. The van der Waals surface area contributed by atoms with E-state index in [0.717, 1.165) is 28.2 Å². The second-order valence-electron chi connectivity index (χ2n) is 6.40. The number of hydrogen-bond donors (Lipinski definition) is 4. The normalized spacial score (nSPS) is 20.8. The van der Waals surface area contributed by atoms with E-state index in [4.69, 9.17) is 10.9 Å². The molecule has 15 heteroatoms. The molecule has 31 heavy (non-hydrogen) atoms. The standard InChI is InChI=1S/C16H14N8O5S2/c17-16-21-12(23-31-16)10(22-29)13(25)20-9-6-1-2-7(30-8-3-4-18-5-19-8)11(15(27)28)24(6)14(9)26/h3-6,9,29H,1-2H2,(H,20,25)(H,27,28)(H2,17,21,23)/b22-10-/t6?,9-/m0/s1. The molecule has 2 aliphatic heterocycles. The number of oxime groups is 1. The van der Waals surface area contributed by atoms with Crippen LogP contribution in [-0.2, 0) is 14.4 Å². The zero-order valence-electron chi connectivity index (χ0n) is 15.5. The van der Waals surface area contributed by atoms with Crippen LogP contribution in [0.15, 0.2) is 39.4 Å². The summed E-state index contributed by atoms with van der Waals surface area (Å²) in [4.78, 5) is 50.4. The Kier molecular flexibility index (Phi) is 5.51. The van der Waals surface area contributed by atoms with Crippen molar-refractivity contribution < 1.29 is 24.7 Å². The van der Waals surface area contributed by atoms with Gasteiger partial charge in [0, 0.05) is 22.6 Å². The predicted molar refractivity (Wildman–Crippen MR) is 107 cm³/mol. The fourth-order valence-electron chi connectivity index (χ4n) is 3.33. The number of amides is 2. The molecule has 2 aromatic rings. The molecule has 1 unspecified atom stereocenters. The van der Waals surface area contributed by atoms with Gasteiger partial charge in [0.25, 0.3) is 11.8 Å². The molecule has 1 fully saturated rings. The summed E-state index contributed by atoms with van der Waals surface area (Å²) < 4.78 is 3.81. The minimum Gasteiger partial charge on any atom is -0.477 e. The maximum atomic E-state index is 12.7. The number of fused-ring (bicyclic) bond motifs is 1. The zero-order chi connectivity index (χ0) is 22.1. The van der Waals surface area contributed by atoms with Gasteiger partial charge >= 0.3 is 5.97 Å². The predicted octanol–water partition coefficient (Wildman–Crippen LogP) is -0.333. The van der Waals surface area contributed by atoms with Crippen molar-refractivity contribution in [1.29, 1.82) is 0 Å². The van der Waals surface area contributed by atoms with Crippen LogP contribution in [0.5, 0.6) is 0 Å². The molecule has 0 bridgehead atoms. The second-order valence-corrected chi connectivity index (χ2v) is 8.30. The van der Waals surface area contributed by atoms with Crippen molar-refractivity contribution in [3.05, 3.63) is 35.0 Å². The first-order valence-electron chi connectivity index (χ1n) is 8.76. The molecule has 0 aromatic carbocycles. The van der Waals surface area contributed by atoms with Gasteiger partial charge in [-0.15, -0.1) is 0 Å². The van der Waals surface area contributed by atoms with Crippen molar-refractivity contribution in [3.8, 4) is 0 Å². The summed E-state index contributed by atoms with van der Waals surface area (Å²) in [5.41, 5.74) is 4.84. The number of allylic oxidation sites excluding steroid dienone is 1. The molecule has 0 radical (unpaired) electrons. The van der Waals surface area contributed by atoms with Gasteiger partial charge in [-0.05, 0) is 18.9 Å².